The van der Waals surface area contributed by atoms with E-state index in [1.165, 1.54) is 23.7 Å². The van der Waals surface area contributed by atoms with Crippen LogP contribution < -0.4 is 20.3 Å². The third-order valence-electron chi connectivity index (χ3n) is 5.43. The van der Waals surface area contributed by atoms with Crippen molar-refractivity contribution in [2.45, 2.75) is 32.4 Å². The molecule has 0 aliphatic carbocycles. The molecule has 11 heteroatoms. The molecule has 0 spiro atoms. The number of ether oxygens (including phenoxy) is 3. The number of likely N-dealkylation sites (tertiary alicyclic amines) is 1. The molecule has 1 aliphatic rings. The predicted molar refractivity (Wildman–Crippen MR) is 118 cm³/mol. The van der Waals surface area contributed by atoms with E-state index in [0.717, 1.165) is 0 Å². The van der Waals surface area contributed by atoms with E-state index >= 15 is 0 Å². The van der Waals surface area contributed by atoms with E-state index in [4.69, 9.17) is 14.2 Å². The summed E-state index contributed by atoms with van der Waals surface area (Å²) in [6, 6.07) is 3.02. The van der Waals surface area contributed by atoms with Crippen molar-refractivity contribution < 1.29 is 24.1 Å². The zero-order chi connectivity index (χ0) is 23.4. The smallest absolute Gasteiger partial charge is 0.407 e. The number of amides is 1. The van der Waals surface area contributed by atoms with Gasteiger partial charge in [-0.25, -0.2) is 9.78 Å². The average Bonchev–Trinajstić information content (AvgIpc) is 3.20. The van der Waals surface area contributed by atoms with Crippen LogP contribution in [-0.2, 0) is 18.2 Å². The maximum atomic E-state index is 13.2. The number of carbonyl (C=O) groups is 1. The normalized spacial score (nSPS) is 18.0. The van der Waals surface area contributed by atoms with Crippen molar-refractivity contribution in [2.24, 2.45) is 7.05 Å². The number of anilines is 1. The first-order chi connectivity index (χ1) is 15.3. The lowest BCUT2D eigenvalue weighted by atomic mass is 10.1. The van der Waals surface area contributed by atoms with E-state index in [1.54, 1.807) is 19.2 Å². The molecule has 174 valence electrons. The van der Waals surface area contributed by atoms with E-state index in [-0.39, 0.29) is 42.4 Å². The average molecular weight is 447 g/mol. The molecule has 3 rings (SSSR count). The van der Waals surface area contributed by atoms with Gasteiger partial charge in [0.1, 0.15) is 11.5 Å². The second-order valence-corrected chi connectivity index (χ2v) is 7.32. The van der Waals surface area contributed by atoms with Gasteiger partial charge in [0.05, 0.1) is 44.2 Å². The zero-order valence-electron chi connectivity index (χ0n) is 18.9. The molecule has 2 atom stereocenters. The minimum atomic E-state index is -1.00. The Hall–Kier alpha value is -3.34. The highest BCUT2D eigenvalue weighted by Gasteiger charge is 2.36. The highest BCUT2D eigenvalue weighted by molar-refractivity contribution is 5.67. The molecule has 3 heterocycles. The Balaban J connectivity index is 2.02. The molecule has 0 unspecified atom stereocenters. The molecule has 1 amide bonds. The summed E-state index contributed by atoms with van der Waals surface area (Å²) in [6.45, 7) is 4.76. The van der Waals surface area contributed by atoms with Gasteiger partial charge in [-0.2, -0.15) is 4.98 Å². The van der Waals surface area contributed by atoms with Crippen LogP contribution in [0.2, 0.25) is 0 Å². The molecule has 0 bridgehead atoms. The van der Waals surface area contributed by atoms with Gasteiger partial charge in [0.15, 0.2) is 0 Å². The molecule has 2 N–H and O–H groups in total. The lowest BCUT2D eigenvalue weighted by Crippen LogP contribution is -2.37. The molecule has 1 saturated heterocycles. The zero-order valence-corrected chi connectivity index (χ0v) is 18.9. The van der Waals surface area contributed by atoms with Gasteiger partial charge in [0.25, 0.3) is 5.56 Å². The molecule has 32 heavy (non-hydrogen) atoms. The van der Waals surface area contributed by atoms with Gasteiger partial charge < -0.3 is 29.5 Å². The number of methoxy groups -OCH3 is 2. The quantitative estimate of drug-likeness (QED) is 0.620. The number of carboxylic acid groups (broad SMARTS) is 1. The fraction of sp³-hybridized carbons (Fsp3) is 0.524. The first-order valence-corrected chi connectivity index (χ1v) is 10.4. The number of nitrogens with zero attached hydrogens (tertiary/aromatic N) is 4. The number of hydrogen-bond acceptors (Lipinski definition) is 8. The molecular weight excluding hydrogens is 418 g/mol. The van der Waals surface area contributed by atoms with E-state index in [0.29, 0.717) is 36.0 Å². The number of nitrogens with one attached hydrogen (secondary N) is 1. The summed E-state index contributed by atoms with van der Waals surface area (Å²) in [5, 5.41) is 12.7. The van der Waals surface area contributed by atoms with Crippen molar-refractivity contribution in [1.29, 1.82) is 0 Å². The molecule has 2 aromatic heterocycles. The Labute approximate surface area is 185 Å². The second-order valence-electron chi connectivity index (χ2n) is 7.32. The van der Waals surface area contributed by atoms with Crippen LogP contribution in [0.1, 0.15) is 19.5 Å². The molecule has 0 saturated carbocycles. The molecule has 11 nitrogen and oxygen atoms in total. The molecule has 1 fully saturated rings. The highest BCUT2D eigenvalue weighted by atomic mass is 16.5. The van der Waals surface area contributed by atoms with Crippen molar-refractivity contribution in [1.82, 2.24) is 19.4 Å². The number of pyridine rings is 1. The fourth-order valence-electron chi connectivity index (χ4n) is 3.79. The topological polar surface area (TPSA) is 128 Å². The lowest BCUT2D eigenvalue weighted by molar-refractivity contribution is 0.0628. The summed E-state index contributed by atoms with van der Waals surface area (Å²) in [5.41, 5.74) is 0.988. The van der Waals surface area contributed by atoms with Crippen molar-refractivity contribution in [3.8, 4) is 23.0 Å². The summed E-state index contributed by atoms with van der Waals surface area (Å²) in [7, 11) is 4.62. The van der Waals surface area contributed by atoms with E-state index in [9.17, 15) is 14.7 Å². The Kier molecular flexibility index (Phi) is 7.18. The van der Waals surface area contributed by atoms with E-state index in [2.05, 4.69) is 15.3 Å². The minimum absolute atomic E-state index is 0.210. The maximum Gasteiger partial charge on any atom is 0.407 e. The molecule has 0 aromatic carbocycles. The number of hydrogen-bond donors (Lipinski definition) is 2. The Morgan fingerprint density at radius 3 is 2.56 bits per heavy atom. The first-order valence-electron chi connectivity index (χ1n) is 10.4. The second kappa shape index (κ2) is 9.86. The third kappa shape index (κ3) is 4.47. The van der Waals surface area contributed by atoms with Gasteiger partial charge in [-0.15, -0.1) is 0 Å². The van der Waals surface area contributed by atoms with Crippen molar-refractivity contribution in [2.75, 3.05) is 39.2 Å². The standard InChI is InChI=1S/C21H29N5O6/c1-6-13-18(23-14-10-26(21(28)29)11-15(14)32-7-2)25(3)20(27)17(22-13)12-8-9-16(30-4)24-19(12)31-5/h8-9,14-15,23H,6-7,10-11H2,1-5H3,(H,28,29)/t14-,15+/m1/s1. The summed E-state index contributed by atoms with van der Waals surface area (Å²) in [4.78, 5) is 34.9. The Bertz CT molecular complexity index is 1040. The lowest BCUT2D eigenvalue weighted by Gasteiger charge is -2.24. The minimum Gasteiger partial charge on any atom is -0.481 e. The summed E-state index contributed by atoms with van der Waals surface area (Å²) in [6.07, 6.45) is -0.790. The monoisotopic (exact) mass is 447 g/mol. The van der Waals surface area contributed by atoms with Gasteiger partial charge in [0, 0.05) is 26.3 Å². The first kappa shape index (κ1) is 23.3. The van der Waals surface area contributed by atoms with Crippen LogP contribution >= 0.6 is 0 Å². The Morgan fingerprint density at radius 2 is 1.97 bits per heavy atom. The van der Waals surface area contributed by atoms with Crippen LogP contribution in [0.5, 0.6) is 11.8 Å². The van der Waals surface area contributed by atoms with Crippen LogP contribution in [0.15, 0.2) is 16.9 Å². The highest BCUT2D eigenvalue weighted by Crippen LogP contribution is 2.29. The van der Waals surface area contributed by atoms with Gasteiger partial charge in [-0.05, 0) is 19.4 Å². The SMILES string of the molecule is CCO[C@H]1CN(C(=O)O)C[C@H]1Nc1c(CC)nc(-c2ccc(OC)nc2OC)c(=O)n1C. The van der Waals surface area contributed by atoms with Crippen LogP contribution in [-0.4, -0.2) is 76.7 Å². The Morgan fingerprint density at radius 1 is 1.22 bits per heavy atom. The van der Waals surface area contributed by atoms with E-state index < -0.39 is 6.09 Å². The summed E-state index contributed by atoms with van der Waals surface area (Å²) in [5.74, 6) is 1.13. The van der Waals surface area contributed by atoms with Gasteiger partial charge in [0.2, 0.25) is 11.8 Å². The number of rotatable bonds is 8. The molecule has 0 radical (unpaired) electrons. The molecule has 1 aliphatic heterocycles. The van der Waals surface area contributed by atoms with Crippen LogP contribution in [0.25, 0.3) is 11.3 Å². The van der Waals surface area contributed by atoms with Gasteiger partial charge in [-0.1, -0.05) is 6.92 Å². The van der Waals surface area contributed by atoms with Crippen LogP contribution in [0, 0.1) is 0 Å². The number of aromatic nitrogens is 3. The fourth-order valence-corrected chi connectivity index (χ4v) is 3.79. The van der Waals surface area contributed by atoms with Gasteiger partial charge in [-0.3, -0.25) is 9.36 Å². The summed E-state index contributed by atoms with van der Waals surface area (Å²) < 4.78 is 17.7. The largest absolute Gasteiger partial charge is 0.481 e. The number of aryl methyl sites for hydroxylation is 1. The van der Waals surface area contributed by atoms with Crippen molar-refractivity contribution in [3.63, 3.8) is 0 Å². The maximum absolute atomic E-state index is 13.2. The molecular formula is C21H29N5O6. The van der Waals surface area contributed by atoms with Crippen LogP contribution in [0.4, 0.5) is 10.6 Å². The van der Waals surface area contributed by atoms with E-state index in [1.807, 2.05) is 13.8 Å². The third-order valence-corrected chi connectivity index (χ3v) is 5.43. The van der Waals surface area contributed by atoms with Crippen molar-refractivity contribution in [3.05, 3.63) is 28.2 Å². The molecule has 2 aromatic rings. The van der Waals surface area contributed by atoms with Gasteiger partial charge >= 0.3 is 6.09 Å². The summed E-state index contributed by atoms with van der Waals surface area (Å²) >= 11 is 0. The van der Waals surface area contributed by atoms with Crippen molar-refractivity contribution >= 4 is 11.9 Å². The van der Waals surface area contributed by atoms with Crippen LogP contribution in [0.3, 0.4) is 0 Å². The predicted octanol–water partition coefficient (Wildman–Crippen LogP) is 1.60.